The zero-order valence-corrected chi connectivity index (χ0v) is 17.7. The lowest BCUT2D eigenvalue weighted by Gasteiger charge is -2.11. The molecule has 0 aliphatic rings. The minimum absolute atomic E-state index is 0.0843. The maximum absolute atomic E-state index is 13.9. The number of halogens is 2. The minimum Gasteiger partial charge on any atom is -0.488 e. The molecule has 6 heteroatoms. The van der Waals surface area contributed by atoms with Crippen LogP contribution in [0, 0.1) is 24.1 Å². The Kier molecular flexibility index (Phi) is 5.64. The summed E-state index contributed by atoms with van der Waals surface area (Å²) in [5.41, 5.74) is 4.30. The zero-order chi connectivity index (χ0) is 21.1. The summed E-state index contributed by atoms with van der Waals surface area (Å²) in [6.07, 6.45) is 1.71. The highest BCUT2D eigenvalue weighted by Crippen LogP contribution is 2.29. The van der Waals surface area contributed by atoms with Gasteiger partial charge >= 0.3 is 0 Å². The van der Waals surface area contributed by atoms with Crippen molar-refractivity contribution in [2.75, 3.05) is 0 Å². The molecule has 0 saturated carbocycles. The molecule has 148 valence electrons. The third kappa shape index (κ3) is 4.27. The second-order valence-corrected chi connectivity index (χ2v) is 7.75. The Hall–Kier alpha value is -3.43. The lowest BCUT2D eigenvalue weighted by Crippen LogP contribution is -1.99. The summed E-state index contributed by atoms with van der Waals surface area (Å²) >= 11 is 3.46. The number of aromatic amines is 1. The Labute approximate surface area is 181 Å². The van der Waals surface area contributed by atoms with Gasteiger partial charge in [-0.2, -0.15) is 5.26 Å². The fourth-order valence-electron chi connectivity index (χ4n) is 3.09. The van der Waals surface area contributed by atoms with Crippen LogP contribution in [0.1, 0.15) is 22.5 Å². The number of hydrogen-bond acceptors (Lipinski definition) is 3. The minimum atomic E-state index is -0.318. The topological polar surface area (TPSA) is 61.7 Å². The van der Waals surface area contributed by atoms with Gasteiger partial charge in [0, 0.05) is 15.6 Å². The second-order valence-electron chi connectivity index (χ2n) is 6.84. The first-order chi connectivity index (χ1) is 14.5. The number of hydrogen-bond donors (Lipinski definition) is 1. The van der Waals surface area contributed by atoms with Crippen molar-refractivity contribution in [2.24, 2.45) is 0 Å². The van der Waals surface area contributed by atoms with Gasteiger partial charge in [-0.1, -0.05) is 40.2 Å². The predicted molar refractivity (Wildman–Crippen MR) is 119 cm³/mol. The van der Waals surface area contributed by atoms with Crippen molar-refractivity contribution >= 4 is 38.6 Å². The average Bonchev–Trinajstić information content (AvgIpc) is 3.15. The number of H-pyrrole nitrogens is 1. The van der Waals surface area contributed by atoms with E-state index in [4.69, 9.17) is 4.74 Å². The molecule has 0 fully saturated rings. The second kappa shape index (κ2) is 8.52. The number of nitrogens with zero attached hydrogens (tertiary/aromatic N) is 2. The Bertz CT molecular complexity index is 1300. The lowest BCUT2D eigenvalue weighted by molar-refractivity contribution is 0.299. The summed E-state index contributed by atoms with van der Waals surface area (Å²) < 4.78 is 20.6. The number of nitrogens with one attached hydrogen (secondary N) is 1. The van der Waals surface area contributed by atoms with Crippen LogP contribution < -0.4 is 4.74 Å². The smallest absolute Gasteiger partial charge is 0.149 e. The van der Waals surface area contributed by atoms with Crippen molar-refractivity contribution in [3.8, 4) is 11.8 Å². The molecule has 4 nitrogen and oxygen atoms in total. The summed E-state index contributed by atoms with van der Waals surface area (Å²) in [5, 5.41) is 9.74. The first kappa shape index (κ1) is 19.9. The molecule has 30 heavy (non-hydrogen) atoms. The number of allylic oxidation sites excluding steroid dienone is 1. The third-order valence-corrected chi connectivity index (χ3v) is 5.12. The Morgan fingerprint density at radius 2 is 2.03 bits per heavy atom. The number of aryl methyl sites for hydroxylation is 1. The van der Waals surface area contributed by atoms with Crippen LogP contribution in [0.15, 0.2) is 65.1 Å². The van der Waals surface area contributed by atoms with Crippen molar-refractivity contribution in [2.45, 2.75) is 13.5 Å². The first-order valence-electron chi connectivity index (χ1n) is 9.28. The maximum Gasteiger partial charge on any atom is 0.149 e. The fourth-order valence-corrected chi connectivity index (χ4v) is 3.47. The number of rotatable bonds is 5. The van der Waals surface area contributed by atoms with E-state index in [-0.39, 0.29) is 12.4 Å². The van der Waals surface area contributed by atoms with Gasteiger partial charge in [-0.25, -0.2) is 9.37 Å². The largest absolute Gasteiger partial charge is 0.488 e. The number of aromatic nitrogens is 2. The normalized spacial score (nSPS) is 11.5. The van der Waals surface area contributed by atoms with E-state index in [0.29, 0.717) is 28.3 Å². The fraction of sp³-hybridized carbons (Fsp3) is 0.0833. The standard InChI is InChI=1S/C24H17BrFN3O/c1-15-6-8-21-22(10-15)29-24(28-21)18(13-27)11-17-12-19(25)7-9-23(17)30-14-16-4-2-3-5-20(16)26/h2-12H,14H2,1H3,(H,28,29)/b18-11-. The van der Waals surface area contributed by atoms with Crippen LogP contribution in [-0.4, -0.2) is 9.97 Å². The van der Waals surface area contributed by atoms with Crippen LogP contribution in [0.4, 0.5) is 4.39 Å². The highest BCUT2D eigenvalue weighted by molar-refractivity contribution is 9.10. The van der Waals surface area contributed by atoms with E-state index < -0.39 is 0 Å². The van der Waals surface area contributed by atoms with Crippen molar-refractivity contribution in [1.29, 1.82) is 5.26 Å². The Morgan fingerprint density at radius 1 is 1.20 bits per heavy atom. The van der Waals surface area contributed by atoms with E-state index in [1.54, 1.807) is 30.3 Å². The van der Waals surface area contributed by atoms with Gasteiger partial charge in [0.1, 0.15) is 30.1 Å². The molecule has 1 aromatic heterocycles. The van der Waals surface area contributed by atoms with Crippen molar-refractivity contribution in [1.82, 2.24) is 9.97 Å². The maximum atomic E-state index is 13.9. The summed E-state index contributed by atoms with van der Waals surface area (Å²) in [7, 11) is 0. The Balaban J connectivity index is 1.69. The molecule has 0 unspecified atom stereocenters. The summed E-state index contributed by atoms with van der Waals surface area (Å²) in [6, 6.07) is 20.1. The summed E-state index contributed by atoms with van der Waals surface area (Å²) in [5.74, 6) is 0.710. The molecule has 4 aromatic rings. The molecular formula is C24H17BrFN3O. The molecular weight excluding hydrogens is 445 g/mol. The SMILES string of the molecule is Cc1ccc2nc(/C(C#N)=C\c3cc(Br)ccc3OCc3ccccc3F)[nH]c2c1. The number of fused-ring (bicyclic) bond motifs is 1. The lowest BCUT2D eigenvalue weighted by atomic mass is 10.1. The van der Waals surface area contributed by atoms with Gasteiger partial charge in [-0.05, 0) is 55.0 Å². The highest BCUT2D eigenvalue weighted by Gasteiger charge is 2.11. The molecule has 1 N–H and O–H groups in total. The van der Waals surface area contributed by atoms with Gasteiger partial charge in [-0.15, -0.1) is 0 Å². The van der Waals surface area contributed by atoms with Crippen molar-refractivity contribution < 1.29 is 9.13 Å². The molecule has 0 amide bonds. The average molecular weight is 462 g/mol. The Morgan fingerprint density at radius 3 is 2.83 bits per heavy atom. The molecule has 3 aromatic carbocycles. The number of benzene rings is 3. The van der Waals surface area contributed by atoms with Crippen LogP contribution >= 0.6 is 15.9 Å². The van der Waals surface area contributed by atoms with E-state index in [0.717, 1.165) is 21.1 Å². The monoisotopic (exact) mass is 461 g/mol. The highest BCUT2D eigenvalue weighted by atomic mass is 79.9. The number of nitriles is 1. The van der Waals surface area contributed by atoms with Crippen LogP contribution in [0.3, 0.4) is 0 Å². The predicted octanol–water partition coefficient (Wildman–Crippen LogP) is 6.42. The van der Waals surface area contributed by atoms with Crippen molar-refractivity contribution in [3.63, 3.8) is 0 Å². The molecule has 1 heterocycles. The molecule has 0 spiro atoms. The van der Waals surface area contributed by atoms with Gasteiger partial charge in [0.15, 0.2) is 0 Å². The number of imidazole rings is 1. The van der Waals surface area contributed by atoms with Crippen molar-refractivity contribution in [3.05, 3.63) is 93.5 Å². The molecule has 0 aliphatic heterocycles. The number of ether oxygens (including phenoxy) is 1. The summed E-state index contributed by atoms with van der Waals surface area (Å²) in [4.78, 5) is 7.73. The van der Waals surface area contributed by atoms with Gasteiger partial charge in [0.05, 0.1) is 16.6 Å². The van der Waals surface area contributed by atoms with Crippen LogP contribution in [0.25, 0.3) is 22.7 Å². The van der Waals surface area contributed by atoms with E-state index in [1.165, 1.54) is 6.07 Å². The van der Waals surface area contributed by atoms with Gasteiger partial charge < -0.3 is 9.72 Å². The summed E-state index contributed by atoms with van der Waals surface area (Å²) in [6.45, 7) is 2.09. The zero-order valence-electron chi connectivity index (χ0n) is 16.1. The van der Waals surface area contributed by atoms with E-state index in [1.807, 2.05) is 37.3 Å². The van der Waals surface area contributed by atoms with Crippen LogP contribution in [-0.2, 0) is 6.61 Å². The van der Waals surface area contributed by atoms with Gasteiger partial charge in [0.2, 0.25) is 0 Å². The first-order valence-corrected chi connectivity index (χ1v) is 10.1. The third-order valence-electron chi connectivity index (χ3n) is 4.63. The molecule has 0 atom stereocenters. The molecule has 0 aliphatic carbocycles. The van der Waals surface area contributed by atoms with E-state index in [9.17, 15) is 9.65 Å². The van der Waals surface area contributed by atoms with Gasteiger partial charge in [0.25, 0.3) is 0 Å². The van der Waals surface area contributed by atoms with Crippen LogP contribution in [0.5, 0.6) is 5.75 Å². The molecule has 0 saturated heterocycles. The molecule has 0 bridgehead atoms. The van der Waals surface area contributed by atoms with Crippen LogP contribution in [0.2, 0.25) is 0 Å². The van der Waals surface area contributed by atoms with E-state index in [2.05, 4.69) is 32.0 Å². The quantitative estimate of drug-likeness (QED) is 0.349. The van der Waals surface area contributed by atoms with E-state index >= 15 is 0 Å². The molecule has 4 rings (SSSR count). The molecule has 0 radical (unpaired) electrons. The van der Waals surface area contributed by atoms with Gasteiger partial charge in [-0.3, -0.25) is 0 Å².